The summed E-state index contributed by atoms with van der Waals surface area (Å²) in [5.74, 6) is -0.332. The Kier molecular flexibility index (Phi) is 2.87. The molecule has 0 saturated heterocycles. The molecule has 0 heterocycles. The number of hydrogen-bond donors (Lipinski definition) is 0. The van der Waals surface area contributed by atoms with E-state index in [4.69, 9.17) is 10.00 Å². The summed E-state index contributed by atoms with van der Waals surface area (Å²) < 4.78 is 4.82. The Morgan fingerprint density at radius 2 is 2.58 bits per heavy atom. The molecular weight excluding hydrogens is 154 g/mol. The molecule has 0 aromatic rings. The minimum absolute atomic E-state index is 0.332. The van der Waals surface area contributed by atoms with Gasteiger partial charge in [0.1, 0.15) is 6.07 Å². The van der Waals surface area contributed by atoms with Crippen molar-refractivity contribution in [1.82, 2.24) is 0 Å². The first-order chi connectivity index (χ1) is 5.74. The van der Waals surface area contributed by atoms with Crippen LogP contribution in [0.1, 0.15) is 26.2 Å². The van der Waals surface area contributed by atoms with E-state index in [1.807, 2.05) is 12.1 Å². The smallest absolute Gasteiger partial charge is 0.334 e. The lowest BCUT2D eigenvalue weighted by atomic mass is 10.2. The van der Waals surface area contributed by atoms with E-state index in [0.29, 0.717) is 0 Å². The fourth-order valence-electron chi connectivity index (χ4n) is 1.12. The summed E-state index contributed by atoms with van der Waals surface area (Å²) in [6.45, 7) is 1.56. The van der Waals surface area contributed by atoms with Crippen molar-refractivity contribution < 1.29 is 9.53 Å². The molecule has 3 heteroatoms. The second-order valence-corrected chi connectivity index (χ2v) is 2.80. The first-order valence-corrected chi connectivity index (χ1v) is 4.03. The van der Waals surface area contributed by atoms with Gasteiger partial charge in [-0.2, -0.15) is 5.26 Å². The molecular formula is C9H11NO2. The summed E-state index contributed by atoms with van der Waals surface area (Å²) in [7, 11) is 0. The number of nitrogens with zero attached hydrogens (tertiary/aromatic N) is 1. The quantitative estimate of drug-likeness (QED) is 0.583. The number of carbonyl (C=O) groups excluding carboxylic acids is 1. The van der Waals surface area contributed by atoms with E-state index in [0.717, 1.165) is 24.8 Å². The predicted molar refractivity (Wildman–Crippen MR) is 43.1 cm³/mol. The van der Waals surface area contributed by atoms with Crippen LogP contribution >= 0.6 is 0 Å². The van der Waals surface area contributed by atoms with Crippen LogP contribution in [-0.4, -0.2) is 12.1 Å². The van der Waals surface area contributed by atoms with Crippen LogP contribution in [0.3, 0.4) is 0 Å². The maximum Gasteiger partial charge on any atom is 0.334 e. The van der Waals surface area contributed by atoms with Gasteiger partial charge in [-0.05, 0) is 26.2 Å². The topological polar surface area (TPSA) is 50.1 Å². The van der Waals surface area contributed by atoms with E-state index >= 15 is 0 Å². The van der Waals surface area contributed by atoms with Gasteiger partial charge in [0, 0.05) is 5.57 Å². The van der Waals surface area contributed by atoms with Crippen LogP contribution in [0, 0.1) is 11.3 Å². The van der Waals surface area contributed by atoms with Crippen LogP contribution in [0.4, 0.5) is 0 Å². The fourth-order valence-corrected chi connectivity index (χ4v) is 1.12. The highest BCUT2D eigenvalue weighted by atomic mass is 16.5. The molecule has 1 atom stereocenters. The van der Waals surface area contributed by atoms with Gasteiger partial charge in [0.15, 0.2) is 6.10 Å². The molecule has 0 radical (unpaired) electrons. The summed E-state index contributed by atoms with van der Waals surface area (Å²) in [6, 6.07) is 1.85. The third-order valence-corrected chi connectivity index (χ3v) is 1.77. The summed E-state index contributed by atoms with van der Waals surface area (Å²) in [6.07, 6.45) is 4.00. The van der Waals surface area contributed by atoms with Gasteiger partial charge in [-0.15, -0.1) is 0 Å². The van der Waals surface area contributed by atoms with Gasteiger partial charge >= 0.3 is 5.97 Å². The Bertz CT molecular complexity index is 250. The van der Waals surface area contributed by atoms with Crippen molar-refractivity contribution in [3.63, 3.8) is 0 Å². The van der Waals surface area contributed by atoms with Gasteiger partial charge in [0.2, 0.25) is 0 Å². The molecule has 0 aromatic carbocycles. The number of nitriles is 1. The van der Waals surface area contributed by atoms with Crippen LogP contribution in [0.25, 0.3) is 0 Å². The average Bonchev–Trinajstić information content (AvgIpc) is 2.56. The number of hydrogen-bond acceptors (Lipinski definition) is 3. The standard InChI is InChI=1S/C9H11NO2/c1-7(6-10)12-9(11)8-4-2-3-5-8/h4,7H,2-3,5H2,1H3. The van der Waals surface area contributed by atoms with Gasteiger partial charge < -0.3 is 4.74 Å². The summed E-state index contributed by atoms with van der Waals surface area (Å²) in [4.78, 5) is 11.2. The monoisotopic (exact) mass is 165 g/mol. The zero-order chi connectivity index (χ0) is 8.97. The van der Waals surface area contributed by atoms with Crippen molar-refractivity contribution in [2.75, 3.05) is 0 Å². The molecule has 0 bridgehead atoms. The van der Waals surface area contributed by atoms with E-state index in [2.05, 4.69) is 0 Å². The van der Waals surface area contributed by atoms with Crippen molar-refractivity contribution in [3.05, 3.63) is 11.6 Å². The maximum atomic E-state index is 11.2. The van der Waals surface area contributed by atoms with Gasteiger partial charge in [-0.1, -0.05) is 6.08 Å². The lowest BCUT2D eigenvalue weighted by Crippen LogP contribution is -2.13. The zero-order valence-corrected chi connectivity index (χ0v) is 7.04. The van der Waals surface area contributed by atoms with E-state index < -0.39 is 6.10 Å². The number of carbonyl (C=O) groups is 1. The largest absolute Gasteiger partial charge is 0.444 e. The molecule has 0 fully saturated rings. The number of ether oxygens (including phenoxy) is 1. The van der Waals surface area contributed by atoms with Crippen LogP contribution in [0.2, 0.25) is 0 Å². The first kappa shape index (κ1) is 8.79. The average molecular weight is 165 g/mol. The molecule has 1 aliphatic rings. The van der Waals surface area contributed by atoms with E-state index in [1.54, 1.807) is 6.92 Å². The third-order valence-electron chi connectivity index (χ3n) is 1.77. The van der Waals surface area contributed by atoms with Crippen LogP contribution in [0.15, 0.2) is 11.6 Å². The van der Waals surface area contributed by atoms with Crippen molar-refractivity contribution in [3.8, 4) is 6.07 Å². The lowest BCUT2D eigenvalue weighted by molar-refractivity contribution is -0.141. The van der Waals surface area contributed by atoms with E-state index in [1.165, 1.54) is 0 Å². The highest BCUT2D eigenvalue weighted by Gasteiger charge is 2.16. The number of esters is 1. The van der Waals surface area contributed by atoms with Crippen molar-refractivity contribution in [1.29, 1.82) is 5.26 Å². The minimum atomic E-state index is -0.640. The Hall–Kier alpha value is -1.30. The molecule has 1 aliphatic carbocycles. The van der Waals surface area contributed by atoms with E-state index in [-0.39, 0.29) is 5.97 Å². The number of allylic oxidation sites excluding steroid dienone is 1. The number of rotatable bonds is 2. The van der Waals surface area contributed by atoms with Crippen LogP contribution < -0.4 is 0 Å². The lowest BCUT2D eigenvalue weighted by Gasteiger charge is -2.05. The van der Waals surface area contributed by atoms with Crippen LogP contribution in [0.5, 0.6) is 0 Å². The summed E-state index contributed by atoms with van der Waals surface area (Å²) in [5, 5.41) is 8.38. The van der Waals surface area contributed by atoms with Gasteiger partial charge in [0.05, 0.1) is 0 Å². The summed E-state index contributed by atoms with van der Waals surface area (Å²) in [5.41, 5.74) is 0.720. The van der Waals surface area contributed by atoms with Crippen LogP contribution in [-0.2, 0) is 9.53 Å². The highest BCUT2D eigenvalue weighted by Crippen LogP contribution is 2.18. The van der Waals surface area contributed by atoms with E-state index in [9.17, 15) is 4.79 Å². The molecule has 1 rings (SSSR count). The molecule has 1 unspecified atom stereocenters. The molecule has 0 N–H and O–H groups in total. The van der Waals surface area contributed by atoms with Crippen molar-refractivity contribution in [2.24, 2.45) is 0 Å². The molecule has 0 amide bonds. The Morgan fingerprint density at radius 1 is 1.83 bits per heavy atom. The van der Waals surface area contributed by atoms with Crippen molar-refractivity contribution >= 4 is 5.97 Å². The second-order valence-electron chi connectivity index (χ2n) is 2.80. The SMILES string of the molecule is CC(C#N)OC(=O)C1=CCCC1. The molecule has 0 spiro atoms. The fraction of sp³-hybridized carbons (Fsp3) is 0.556. The Labute approximate surface area is 71.6 Å². The normalized spacial score (nSPS) is 17.8. The predicted octanol–water partition coefficient (Wildman–Crippen LogP) is 1.55. The second kappa shape index (κ2) is 3.91. The third kappa shape index (κ3) is 2.09. The summed E-state index contributed by atoms with van der Waals surface area (Å²) >= 11 is 0. The van der Waals surface area contributed by atoms with Gasteiger partial charge in [0.25, 0.3) is 0 Å². The molecule has 64 valence electrons. The molecule has 12 heavy (non-hydrogen) atoms. The molecule has 3 nitrogen and oxygen atoms in total. The first-order valence-electron chi connectivity index (χ1n) is 4.03. The highest BCUT2D eigenvalue weighted by molar-refractivity contribution is 5.89. The maximum absolute atomic E-state index is 11.2. The Morgan fingerprint density at radius 3 is 3.08 bits per heavy atom. The van der Waals surface area contributed by atoms with Crippen molar-refractivity contribution in [2.45, 2.75) is 32.3 Å². The van der Waals surface area contributed by atoms with Gasteiger partial charge in [-0.25, -0.2) is 4.79 Å². The minimum Gasteiger partial charge on any atom is -0.444 e. The molecule has 0 aliphatic heterocycles. The molecule has 0 saturated carbocycles. The Balaban J connectivity index is 2.44. The molecule has 0 aromatic heterocycles. The van der Waals surface area contributed by atoms with Gasteiger partial charge in [-0.3, -0.25) is 0 Å². The zero-order valence-electron chi connectivity index (χ0n) is 7.04.